The van der Waals surface area contributed by atoms with Crippen molar-refractivity contribution in [3.63, 3.8) is 0 Å². The summed E-state index contributed by atoms with van der Waals surface area (Å²) in [5.41, 5.74) is 0.936. The number of piperidine rings is 1. The van der Waals surface area contributed by atoms with Gasteiger partial charge >= 0.3 is 6.09 Å². The van der Waals surface area contributed by atoms with Crippen LogP contribution in [0.15, 0.2) is 18.2 Å². The maximum atomic E-state index is 14.3. The van der Waals surface area contributed by atoms with Gasteiger partial charge in [-0.15, -0.1) is 0 Å². The average molecular weight is 336 g/mol. The SMILES string of the molecule is Cc1ccc(N2CCCC(C3(C)COCCN3C(=O)O)C2)c(F)c1. The molecule has 0 saturated carbocycles. The number of hydrogen-bond donors (Lipinski definition) is 1. The molecule has 0 bridgehead atoms. The molecular weight excluding hydrogens is 311 g/mol. The minimum atomic E-state index is -0.903. The maximum Gasteiger partial charge on any atom is 0.407 e. The Morgan fingerprint density at radius 2 is 2.21 bits per heavy atom. The Morgan fingerprint density at radius 1 is 1.42 bits per heavy atom. The summed E-state index contributed by atoms with van der Waals surface area (Å²) in [4.78, 5) is 15.2. The number of rotatable bonds is 2. The third-order valence-electron chi connectivity index (χ3n) is 5.45. The second kappa shape index (κ2) is 6.59. The molecule has 1 aromatic carbocycles. The van der Waals surface area contributed by atoms with Crippen LogP contribution in [0, 0.1) is 18.7 Å². The van der Waals surface area contributed by atoms with Crippen molar-refractivity contribution in [2.24, 2.45) is 5.92 Å². The molecule has 24 heavy (non-hydrogen) atoms. The Kier molecular flexibility index (Phi) is 4.67. The van der Waals surface area contributed by atoms with E-state index in [1.807, 2.05) is 30.9 Å². The van der Waals surface area contributed by atoms with Crippen LogP contribution in [0.25, 0.3) is 0 Å². The highest BCUT2D eigenvalue weighted by Gasteiger charge is 2.46. The Labute approximate surface area is 142 Å². The van der Waals surface area contributed by atoms with Crippen LogP contribution in [0.1, 0.15) is 25.3 Å². The first-order chi connectivity index (χ1) is 11.4. The summed E-state index contributed by atoms with van der Waals surface area (Å²) in [6.45, 7) is 6.49. The largest absolute Gasteiger partial charge is 0.465 e. The van der Waals surface area contributed by atoms with E-state index in [-0.39, 0.29) is 11.7 Å². The predicted molar refractivity (Wildman–Crippen MR) is 90.0 cm³/mol. The van der Waals surface area contributed by atoms with Crippen molar-refractivity contribution >= 4 is 11.8 Å². The molecular formula is C18H25FN2O3. The smallest absolute Gasteiger partial charge is 0.407 e. The van der Waals surface area contributed by atoms with E-state index < -0.39 is 11.6 Å². The second-order valence-electron chi connectivity index (χ2n) is 7.08. The summed E-state index contributed by atoms with van der Waals surface area (Å²) in [6, 6.07) is 5.28. The van der Waals surface area contributed by atoms with Crippen LogP contribution in [0.2, 0.25) is 0 Å². The molecule has 2 atom stereocenters. The number of halogens is 1. The fourth-order valence-electron chi connectivity index (χ4n) is 3.99. The number of anilines is 1. The Hall–Kier alpha value is -1.82. The summed E-state index contributed by atoms with van der Waals surface area (Å²) < 4.78 is 19.9. The molecule has 2 aliphatic heterocycles. The molecule has 3 rings (SSSR count). The van der Waals surface area contributed by atoms with Gasteiger partial charge < -0.3 is 14.7 Å². The number of ether oxygens (including phenoxy) is 1. The number of amides is 1. The third kappa shape index (κ3) is 3.07. The molecule has 0 aliphatic carbocycles. The zero-order chi connectivity index (χ0) is 17.3. The van der Waals surface area contributed by atoms with Gasteiger partial charge in [-0.1, -0.05) is 6.07 Å². The van der Waals surface area contributed by atoms with Crippen molar-refractivity contribution in [1.29, 1.82) is 0 Å². The van der Waals surface area contributed by atoms with Crippen molar-refractivity contribution in [2.75, 3.05) is 37.7 Å². The lowest BCUT2D eigenvalue weighted by atomic mass is 9.78. The minimum Gasteiger partial charge on any atom is -0.465 e. The highest BCUT2D eigenvalue weighted by atomic mass is 19.1. The Morgan fingerprint density at radius 3 is 2.92 bits per heavy atom. The van der Waals surface area contributed by atoms with Crippen LogP contribution >= 0.6 is 0 Å². The van der Waals surface area contributed by atoms with Crippen LogP contribution < -0.4 is 4.90 Å². The lowest BCUT2D eigenvalue weighted by Crippen LogP contribution is -2.63. The van der Waals surface area contributed by atoms with E-state index in [2.05, 4.69) is 0 Å². The molecule has 2 aliphatic rings. The summed E-state index contributed by atoms with van der Waals surface area (Å²) in [7, 11) is 0. The van der Waals surface area contributed by atoms with Gasteiger partial charge in [-0.05, 0) is 44.4 Å². The number of carboxylic acid groups (broad SMARTS) is 1. The molecule has 6 heteroatoms. The molecule has 2 unspecified atom stereocenters. The zero-order valence-corrected chi connectivity index (χ0v) is 14.3. The van der Waals surface area contributed by atoms with Crippen LogP contribution in [-0.4, -0.2) is 54.5 Å². The minimum absolute atomic E-state index is 0.114. The van der Waals surface area contributed by atoms with E-state index >= 15 is 0 Å². The standard InChI is InChI=1S/C18H25FN2O3/c1-13-5-6-16(15(19)10-13)20-7-3-4-14(11-20)18(2)12-24-9-8-21(18)17(22)23/h5-6,10,14H,3-4,7-9,11-12H2,1-2H3,(H,22,23). The van der Waals surface area contributed by atoms with E-state index in [1.54, 1.807) is 6.07 Å². The predicted octanol–water partition coefficient (Wildman–Crippen LogP) is 3.12. The first-order valence-electron chi connectivity index (χ1n) is 8.51. The van der Waals surface area contributed by atoms with Crippen molar-refractivity contribution in [3.05, 3.63) is 29.6 Å². The van der Waals surface area contributed by atoms with Crippen LogP contribution in [-0.2, 0) is 4.74 Å². The van der Waals surface area contributed by atoms with Gasteiger partial charge in [0, 0.05) is 25.6 Å². The van der Waals surface area contributed by atoms with Gasteiger partial charge in [0.2, 0.25) is 0 Å². The summed E-state index contributed by atoms with van der Waals surface area (Å²) in [6.07, 6.45) is 0.939. The molecule has 132 valence electrons. The number of benzene rings is 1. The van der Waals surface area contributed by atoms with Crippen molar-refractivity contribution < 1.29 is 19.0 Å². The van der Waals surface area contributed by atoms with Gasteiger partial charge in [-0.25, -0.2) is 9.18 Å². The topological polar surface area (TPSA) is 53.0 Å². The number of morpholine rings is 1. The van der Waals surface area contributed by atoms with Crippen LogP contribution in [0.4, 0.5) is 14.9 Å². The Bertz CT molecular complexity index is 624. The first kappa shape index (κ1) is 17.0. The van der Waals surface area contributed by atoms with Crippen LogP contribution in [0.3, 0.4) is 0 Å². The van der Waals surface area contributed by atoms with E-state index in [9.17, 15) is 14.3 Å². The Balaban J connectivity index is 1.83. The average Bonchev–Trinajstić information content (AvgIpc) is 2.55. The number of aryl methyl sites for hydroxylation is 1. The fourth-order valence-corrected chi connectivity index (χ4v) is 3.99. The van der Waals surface area contributed by atoms with Crippen molar-refractivity contribution in [1.82, 2.24) is 4.90 Å². The van der Waals surface area contributed by atoms with Gasteiger partial charge in [0.1, 0.15) is 5.82 Å². The van der Waals surface area contributed by atoms with E-state index in [0.29, 0.717) is 32.0 Å². The maximum absolute atomic E-state index is 14.3. The highest BCUT2D eigenvalue weighted by molar-refractivity contribution is 5.66. The normalized spacial score (nSPS) is 28.0. The number of hydrogen-bond acceptors (Lipinski definition) is 3. The molecule has 1 amide bonds. The molecule has 2 heterocycles. The van der Waals surface area contributed by atoms with Gasteiger partial charge in [-0.2, -0.15) is 0 Å². The zero-order valence-electron chi connectivity index (χ0n) is 14.3. The number of nitrogens with zero attached hydrogens (tertiary/aromatic N) is 2. The monoisotopic (exact) mass is 336 g/mol. The second-order valence-corrected chi connectivity index (χ2v) is 7.08. The molecule has 2 saturated heterocycles. The summed E-state index contributed by atoms with van der Waals surface area (Å²) >= 11 is 0. The van der Waals surface area contributed by atoms with Gasteiger partial charge in [0.25, 0.3) is 0 Å². The summed E-state index contributed by atoms with van der Waals surface area (Å²) in [5, 5.41) is 9.56. The molecule has 2 fully saturated rings. The van der Waals surface area contributed by atoms with Gasteiger partial charge in [0.15, 0.2) is 0 Å². The van der Waals surface area contributed by atoms with Crippen molar-refractivity contribution in [3.8, 4) is 0 Å². The highest BCUT2D eigenvalue weighted by Crippen LogP contribution is 2.36. The summed E-state index contributed by atoms with van der Waals surface area (Å²) in [5.74, 6) is -0.0980. The lowest BCUT2D eigenvalue weighted by Gasteiger charge is -2.50. The quantitative estimate of drug-likeness (QED) is 0.901. The third-order valence-corrected chi connectivity index (χ3v) is 5.45. The molecule has 5 nitrogen and oxygen atoms in total. The molecule has 0 spiro atoms. The number of carbonyl (C=O) groups is 1. The van der Waals surface area contributed by atoms with Gasteiger partial charge in [-0.3, -0.25) is 4.90 Å². The molecule has 0 radical (unpaired) electrons. The molecule has 1 aromatic rings. The van der Waals surface area contributed by atoms with Crippen LogP contribution in [0.5, 0.6) is 0 Å². The van der Waals surface area contributed by atoms with E-state index in [1.165, 1.54) is 4.90 Å². The van der Waals surface area contributed by atoms with E-state index in [0.717, 1.165) is 24.9 Å². The van der Waals surface area contributed by atoms with E-state index in [4.69, 9.17) is 4.74 Å². The molecule has 0 aromatic heterocycles. The first-order valence-corrected chi connectivity index (χ1v) is 8.51. The van der Waals surface area contributed by atoms with Crippen molar-refractivity contribution in [2.45, 2.75) is 32.2 Å². The fraction of sp³-hybridized carbons (Fsp3) is 0.611. The lowest BCUT2D eigenvalue weighted by molar-refractivity contribution is -0.0762. The molecule has 1 N–H and O–H groups in total. The van der Waals surface area contributed by atoms with Gasteiger partial charge in [0.05, 0.1) is 24.4 Å².